The molecule has 2 rings (SSSR count). The van der Waals surface area contributed by atoms with Crippen molar-refractivity contribution in [3.63, 3.8) is 0 Å². The van der Waals surface area contributed by atoms with Gasteiger partial charge < -0.3 is 19.7 Å². The highest BCUT2D eigenvalue weighted by atomic mass is 35.5. The van der Waals surface area contributed by atoms with Crippen LogP contribution in [-0.2, 0) is 22.6 Å². The molecule has 2 atom stereocenters. The molecule has 2 aromatic carbocycles. The number of halogens is 2. The van der Waals surface area contributed by atoms with Crippen LogP contribution >= 0.6 is 23.2 Å². The number of amides is 2. The zero-order valence-corrected chi connectivity index (χ0v) is 22.0. The Morgan fingerprint density at radius 2 is 1.71 bits per heavy atom. The quantitative estimate of drug-likeness (QED) is 0.401. The van der Waals surface area contributed by atoms with E-state index in [0.717, 1.165) is 17.5 Å². The van der Waals surface area contributed by atoms with Gasteiger partial charge in [-0.05, 0) is 61.6 Å². The van der Waals surface area contributed by atoms with Crippen LogP contribution in [0.3, 0.4) is 0 Å². The van der Waals surface area contributed by atoms with Gasteiger partial charge >= 0.3 is 0 Å². The number of hydrogen-bond acceptors (Lipinski definition) is 4. The summed E-state index contributed by atoms with van der Waals surface area (Å²) in [4.78, 5) is 28.1. The van der Waals surface area contributed by atoms with Crippen molar-refractivity contribution in [1.29, 1.82) is 0 Å². The summed E-state index contributed by atoms with van der Waals surface area (Å²) >= 11 is 12.4. The highest BCUT2D eigenvalue weighted by Crippen LogP contribution is 2.28. The Labute approximate surface area is 212 Å². The van der Waals surface area contributed by atoms with E-state index in [0.29, 0.717) is 34.4 Å². The van der Waals surface area contributed by atoms with Crippen LogP contribution in [-0.4, -0.2) is 43.0 Å². The fourth-order valence-corrected chi connectivity index (χ4v) is 4.09. The molecule has 6 nitrogen and oxygen atoms in total. The second-order valence-electron chi connectivity index (χ2n) is 8.19. The van der Waals surface area contributed by atoms with E-state index >= 15 is 0 Å². The number of rotatable bonds is 12. The van der Waals surface area contributed by atoms with Crippen molar-refractivity contribution in [2.45, 2.75) is 65.1 Å². The van der Waals surface area contributed by atoms with Gasteiger partial charge in [0, 0.05) is 29.1 Å². The molecule has 2 unspecified atom stereocenters. The first-order valence-corrected chi connectivity index (χ1v) is 12.2. The SMILES string of the molecule is CCC(C)NC(=O)C(CC)N(Cc1ccc(Cl)cc1Cl)C(=O)CCc1ccc(OC)c(OC)c1. The molecular weight excluding hydrogens is 475 g/mol. The lowest BCUT2D eigenvalue weighted by molar-refractivity contribution is -0.141. The normalized spacial score (nSPS) is 12.6. The van der Waals surface area contributed by atoms with Gasteiger partial charge in [-0.2, -0.15) is 0 Å². The maximum atomic E-state index is 13.5. The van der Waals surface area contributed by atoms with Gasteiger partial charge in [0.05, 0.1) is 14.2 Å². The maximum Gasteiger partial charge on any atom is 0.243 e. The van der Waals surface area contributed by atoms with Crippen molar-refractivity contribution in [2.75, 3.05) is 14.2 Å². The predicted molar refractivity (Wildman–Crippen MR) is 137 cm³/mol. The second-order valence-corrected chi connectivity index (χ2v) is 9.03. The molecule has 8 heteroatoms. The topological polar surface area (TPSA) is 67.9 Å². The summed E-state index contributed by atoms with van der Waals surface area (Å²) in [5.41, 5.74) is 1.67. The average molecular weight is 509 g/mol. The van der Waals surface area contributed by atoms with Crippen LogP contribution in [0.1, 0.15) is 51.2 Å². The average Bonchev–Trinajstić information content (AvgIpc) is 2.83. The lowest BCUT2D eigenvalue weighted by atomic mass is 10.1. The molecule has 0 aromatic heterocycles. The molecular formula is C26H34Cl2N2O4. The summed E-state index contributed by atoms with van der Waals surface area (Å²) in [6.07, 6.45) is 2.01. The van der Waals surface area contributed by atoms with E-state index in [1.54, 1.807) is 37.3 Å². The number of hydrogen-bond donors (Lipinski definition) is 1. The summed E-state index contributed by atoms with van der Waals surface area (Å²) in [6, 6.07) is 10.2. The number of nitrogens with one attached hydrogen (secondary N) is 1. The Bertz CT molecular complexity index is 983. The van der Waals surface area contributed by atoms with Crippen LogP contribution in [0, 0.1) is 0 Å². The number of aryl methyl sites for hydroxylation is 1. The number of ether oxygens (including phenoxy) is 2. The van der Waals surface area contributed by atoms with Crippen molar-refractivity contribution in [2.24, 2.45) is 0 Å². The van der Waals surface area contributed by atoms with E-state index < -0.39 is 6.04 Å². The third kappa shape index (κ3) is 7.54. The summed E-state index contributed by atoms with van der Waals surface area (Å²) < 4.78 is 10.7. The van der Waals surface area contributed by atoms with Crippen LogP contribution in [0.4, 0.5) is 0 Å². The fraction of sp³-hybridized carbons (Fsp3) is 0.462. The molecule has 0 saturated heterocycles. The van der Waals surface area contributed by atoms with Gasteiger partial charge in [0.25, 0.3) is 0 Å². The molecule has 186 valence electrons. The Kier molecular flexibility index (Phi) is 11.0. The van der Waals surface area contributed by atoms with Crippen molar-refractivity contribution in [3.8, 4) is 11.5 Å². The van der Waals surface area contributed by atoms with E-state index in [1.165, 1.54) is 0 Å². The standard InChI is InChI=1S/C26H34Cl2N2O4/c1-6-17(3)29-26(32)22(7-2)30(16-19-10-11-20(27)15-21(19)28)25(31)13-9-18-8-12-23(33-4)24(14-18)34-5/h8,10-12,14-15,17,22H,6-7,9,13,16H2,1-5H3,(H,29,32). The zero-order chi connectivity index (χ0) is 25.3. The van der Waals surface area contributed by atoms with Gasteiger partial charge in [-0.15, -0.1) is 0 Å². The number of carbonyl (C=O) groups is 2. The lowest BCUT2D eigenvalue weighted by Gasteiger charge is -2.32. The molecule has 2 aromatic rings. The van der Waals surface area contributed by atoms with Crippen molar-refractivity contribution in [1.82, 2.24) is 10.2 Å². The van der Waals surface area contributed by atoms with Crippen molar-refractivity contribution >= 4 is 35.0 Å². The van der Waals surface area contributed by atoms with E-state index in [-0.39, 0.29) is 30.8 Å². The monoisotopic (exact) mass is 508 g/mol. The van der Waals surface area contributed by atoms with Gasteiger partial charge in [0.15, 0.2) is 11.5 Å². The summed E-state index contributed by atoms with van der Waals surface area (Å²) in [6.45, 7) is 6.07. The first kappa shape index (κ1) is 27.8. The molecule has 2 amide bonds. The second kappa shape index (κ2) is 13.4. The van der Waals surface area contributed by atoms with E-state index in [1.807, 2.05) is 39.0 Å². The molecule has 0 aliphatic carbocycles. The van der Waals surface area contributed by atoms with Crippen LogP contribution < -0.4 is 14.8 Å². The number of carbonyl (C=O) groups excluding carboxylic acids is 2. The van der Waals surface area contributed by atoms with Gasteiger partial charge in [-0.25, -0.2) is 0 Å². The molecule has 0 spiro atoms. The minimum Gasteiger partial charge on any atom is -0.493 e. The first-order chi connectivity index (χ1) is 16.2. The van der Waals surface area contributed by atoms with Crippen LogP contribution in [0.25, 0.3) is 0 Å². The molecule has 0 saturated carbocycles. The molecule has 34 heavy (non-hydrogen) atoms. The van der Waals surface area contributed by atoms with Crippen molar-refractivity contribution in [3.05, 3.63) is 57.6 Å². The Morgan fingerprint density at radius 3 is 2.29 bits per heavy atom. The minimum absolute atomic E-state index is 0.0179. The zero-order valence-electron chi connectivity index (χ0n) is 20.5. The highest BCUT2D eigenvalue weighted by Gasteiger charge is 2.29. The number of methoxy groups -OCH3 is 2. The van der Waals surface area contributed by atoms with E-state index in [2.05, 4.69) is 5.32 Å². The van der Waals surface area contributed by atoms with Gasteiger partial charge in [0.1, 0.15) is 6.04 Å². The Balaban J connectivity index is 2.27. The van der Waals surface area contributed by atoms with E-state index in [9.17, 15) is 9.59 Å². The Hall–Kier alpha value is -2.44. The van der Waals surface area contributed by atoms with E-state index in [4.69, 9.17) is 32.7 Å². The molecule has 0 aliphatic heterocycles. The first-order valence-electron chi connectivity index (χ1n) is 11.5. The highest BCUT2D eigenvalue weighted by molar-refractivity contribution is 6.35. The smallest absolute Gasteiger partial charge is 0.243 e. The van der Waals surface area contributed by atoms with Crippen LogP contribution in [0.15, 0.2) is 36.4 Å². The summed E-state index contributed by atoms with van der Waals surface area (Å²) in [5.74, 6) is 0.939. The summed E-state index contributed by atoms with van der Waals surface area (Å²) in [7, 11) is 3.16. The molecule has 0 fully saturated rings. The number of benzene rings is 2. The molecule has 0 aliphatic rings. The third-order valence-corrected chi connectivity index (χ3v) is 6.41. The predicted octanol–water partition coefficient (Wildman–Crippen LogP) is 5.67. The molecule has 1 N–H and O–H groups in total. The Morgan fingerprint density at radius 1 is 1.00 bits per heavy atom. The minimum atomic E-state index is -0.612. The fourth-order valence-electron chi connectivity index (χ4n) is 3.63. The van der Waals surface area contributed by atoms with Gasteiger partial charge in [-0.3, -0.25) is 9.59 Å². The largest absolute Gasteiger partial charge is 0.493 e. The van der Waals surface area contributed by atoms with Gasteiger partial charge in [0.2, 0.25) is 11.8 Å². The van der Waals surface area contributed by atoms with Crippen LogP contribution in [0.5, 0.6) is 11.5 Å². The van der Waals surface area contributed by atoms with Crippen molar-refractivity contribution < 1.29 is 19.1 Å². The maximum absolute atomic E-state index is 13.5. The van der Waals surface area contributed by atoms with Crippen LogP contribution in [0.2, 0.25) is 10.0 Å². The molecule has 0 bridgehead atoms. The molecule has 0 radical (unpaired) electrons. The lowest BCUT2D eigenvalue weighted by Crippen LogP contribution is -2.50. The van der Waals surface area contributed by atoms with Gasteiger partial charge in [-0.1, -0.05) is 49.2 Å². The number of nitrogens with zero attached hydrogens (tertiary/aromatic N) is 1. The summed E-state index contributed by atoms with van der Waals surface area (Å²) in [5, 5.41) is 3.99. The molecule has 0 heterocycles. The third-order valence-electron chi connectivity index (χ3n) is 5.82.